The average molecular weight is 315 g/mol. The number of rotatable bonds is 3. The van der Waals surface area contributed by atoms with Gasteiger partial charge in [0.15, 0.2) is 0 Å². The van der Waals surface area contributed by atoms with Gasteiger partial charge in [-0.1, -0.05) is 5.16 Å². The van der Waals surface area contributed by atoms with Crippen molar-refractivity contribution in [3.8, 4) is 0 Å². The molecule has 2 fully saturated rings. The van der Waals surface area contributed by atoms with E-state index in [0.717, 1.165) is 48.9 Å². The Bertz CT molecular complexity index is 730. The van der Waals surface area contributed by atoms with E-state index in [1.54, 1.807) is 10.9 Å². The molecule has 1 amide bonds. The topological polar surface area (TPSA) is 67.4 Å². The molecule has 7 heteroatoms. The fourth-order valence-corrected chi connectivity index (χ4v) is 3.81. The second-order valence-corrected chi connectivity index (χ2v) is 6.68. The smallest absolute Gasteiger partial charge is 0.231 e. The van der Waals surface area contributed by atoms with Gasteiger partial charge in [-0.2, -0.15) is 5.10 Å². The number of likely N-dealkylation sites (tertiary alicyclic amines) is 1. The lowest BCUT2D eigenvalue weighted by molar-refractivity contribution is -0.120. The van der Waals surface area contributed by atoms with Crippen molar-refractivity contribution < 1.29 is 9.32 Å². The maximum atomic E-state index is 12.7. The molecule has 2 saturated heterocycles. The number of carbonyl (C=O) groups is 1. The van der Waals surface area contributed by atoms with Crippen molar-refractivity contribution in [1.82, 2.24) is 19.8 Å². The monoisotopic (exact) mass is 315 g/mol. The third kappa shape index (κ3) is 2.35. The predicted octanol–water partition coefficient (Wildman–Crippen LogP) is 1.12. The fourth-order valence-electron chi connectivity index (χ4n) is 3.81. The summed E-state index contributed by atoms with van der Waals surface area (Å²) >= 11 is 0. The summed E-state index contributed by atoms with van der Waals surface area (Å²) in [5.74, 6) is 1.59. The first-order valence-corrected chi connectivity index (χ1v) is 7.97. The van der Waals surface area contributed by atoms with E-state index in [9.17, 15) is 4.79 Å². The molecule has 0 bridgehead atoms. The normalized spacial score (nSPS) is 24.7. The number of fused-ring (bicyclic) bond motifs is 1. The van der Waals surface area contributed by atoms with Crippen LogP contribution in [-0.2, 0) is 18.4 Å². The first-order valence-electron chi connectivity index (χ1n) is 7.97. The van der Waals surface area contributed by atoms with Crippen molar-refractivity contribution in [2.24, 2.45) is 18.9 Å². The van der Waals surface area contributed by atoms with Gasteiger partial charge in [-0.15, -0.1) is 0 Å². The highest BCUT2D eigenvalue weighted by molar-refractivity contribution is 5.97. The molecular formula is C16H21N5O2. The molecule has 4 heterocycles. The highest BCUT2D eigenvalue weighted by Gasteiger charge is 2.46. The Kier molecular flexibility index (Phi) is 3.26. The van der Waals surface area contributed by atoms with Gasteiger partial charge in [0.1, 0.15) is 5.76 Å². The first kappa shape index (κ1) is 14.4. The number of hydrogen-bond donors (Lipinski definition) is 0. The molecule has 23 heavy (non-hydrogen) atoms. The summed E-state index contributed by atoms with van der Waals surface area (Å²) in [6.45, 7) is 7.27. The maximum Gasteiger partial charge on any atom is 0.231 e. The molecule has 2 aromatic rings. The maximum absolute atomic E-state index is 12.7. The van der Waals surface area contributed by atoms with E-state index < -0.39 is 0 Å². The molecule has 0 unspecified atom stereocenters. The Morgan fingerprint density at radius 2 is 2.13 bits per heavy atom. The van der Waals surface area contributed by atoms with E-state index in [1.807, 2.05) is 32.0 Å². The molecule has 0 saturated carbocycles. The highest BCUT2D eigenvalue weighted by atomic mass is 16.5. The highest BCUT2D eigenvalue weighted by Crippen LogP contribution is 2.35. The van der Waals surface area contributed by atoms with E-state index in [2.05, 4.69) is 15.2 Å². The molecule has 2 aliphatic heterocycles. The molecule has 2 aromatic heterocycles. The van der Waals surface area contributed by atoms with Gasteiger partial charge < -0.3 is 9.42 Å². The number of nitrogens with zero attached hydrogens (tertiary/aromatic N) is 5. The molecule has 2 atom stereocenters. The summed E-state index contributed by atoms with van der Waals surface area (Å²) in [6, 6.07) is 0. The number of carbonyl (C=O) groups excluding carboxylic acids is 1. The lowest BCUT2D eigenvalue weighted by Gasteiger charge is -2.20. The summed E-state index contributed by atoms with van der Waals surface area (Å²) in [5, 5.41) is 8.18. The van der Waals surface area contributed by atoms with Gasteiger partial charge in [0.25, 0.3) is 0 Å². The van der Waals surface area contributed by atoms with Crippen molar-refractivity contribution in [2.45, 2.75) is 20.4 Å². The first-order chi connectivity index (χ1) is 11.0. The number of aryl methyl sites for hydroxylation is 3. The lowest BCUT2D eigenvalue weighted by atomic mass is 10.0. The summed E-state index contributed by atoms with van der Waals surface area (Å²) in [6.07, 6.45) is 3.67. The van der Waals surface area contributed by atoms with E-state index in [-0.39, 0.29) is 11.8 Å². The third-order valence-electron chi connectivity index (χ3n) is 5.08. The predicted molar refractivity (Wildman–Crippen MR) is 83.8 cm³/mol. The van der Waals surface area contributed by atoms with Crippen molar-refractivity contribution >= 4 is 11.6 Å². The van der Waals surface area contributed by atoms with E-state index in [1.165, 1.54) is 0 Å². The SMILES string of the molecule is Cc1noc(C)c1CN1C[C@H]2CN(c3cnn(C)c3)C(=O)[C@H]2C1. The summed E-state index contributed by atoms with van der Waals surface area (Å²) in [7, 11) is 1.87. The molecule has 0 N–H and O–H groups in total. The zero-order valence-electron chi connectivity index (χ0n) is 13.7. The van der Waals surface area contributed by atoms with Crippen LogP contribution in [0.25, 0.3) is 0 Å². The van der Waals surface area contributed by atoms with Gasteiger partial charge in [-0.05, 0) is 13.8 Å². The minimum atomic E-state index is 0.0932. The van der Waals surface area contributed by atoms with Crippen LogP contribution in [0, 0.1) is 25.7 Å². The largest absolute Gasteiger partial charge is 0.361 e. The molecule has 0 aliphatic carbocycles. The number of aromatic nitrogens is 3. The van der Waals surface area contributed by atoms with E-state index >= 15 is 0 Å². The standard InChI is InChI=1S/C16H21N5O2/c1-10-14(11(2)23-18-10)8-20-5-12-6-21(16(22)15(12)9-20)13-4-17-19(3)7-13/h4,7,12,15H,5-6,8-9H2,1-3H3/t12-,15-/m0/s1. The minimum absolute atomic E-state index is 0.0932. The Labute approximate surface area is 134 Å². The average Bonchev–Trinajstić information content (AvgIpc) is 3.24. The summed E-state index contributed by atoms with van der Waals surface area (Å²) in [4.78, 5) is 16.9. The lowest BCUT2D eigenvalue weighted by Crippen LogP contribution is -2.32. The van der Waals surface area contributed by atoms with E-state index in [4.69, 9.17) is 4.52 Å². The minimum Gasteiger partial charge on any atom is -0.361 e. The van der Waals surface area contributed by atoms with Crippen LogP contribution in [0.2, 0.25) is 0 Å². The molecule has 7 nitrogen and oxygen atoms in total. The second kappa shape index (κ2) is 5.19. The Morgan fingerprint density at radius 3 is 2.74 bits per heavy atom. The molecule has 122 valence electrons. The van der Waals surface area contributed by atoms with Crippen LogP contribution in [0.15, 0.2) is 16.9 Å². The third-order valence-corrected chi connectivity index (χ3v) is 5.08. The van der Waals surface area contributed by atoms with Crippen LogP contribution in [-0.4, -0.2) is 45.4 Å². The van der Waals surface area contributed by atoms with Crippen LogP contribution in [0.5, 0.6) is 0 Å². The molecule has 0 radical (unpaired) electrons. The zero-order chi connectivity index (χ0) is 16.1. The van der Waals surface area contributed by atoms with Crippen LogP contribution in [0.3, 0.4) is 0 Å². The Balaban J connectivity index is 1.46. The van der Waals surface area contributed by atoms with Gasteiger partial charge in [0.2, 0.25) is 5.91 Å². The van der Waals surface area contributed by atoms with Gasteiger partial charge in [0, 0.05) is 50.9 Å². The Hall–Kier alpha value is -2.15. The van der Waals surface area contributed by atoms with Crippen molar-refractivity contribution in [3.63, 3.8) is 0 Å². The number of hydrogen-bond acceptors (Lipinski definition) is 5. The molecular weight excluding hydrogens is 294 g/mol. The van der Waals surface area contributed by atoms with E-state index in [0.29, 0.717) is 5.92 Å². The van der Waals surface area contributed by atoms with Crippen LogP contribution >= 0.6 is 0 Å². The quantitative estimate of drug-likeness (QED) is 0.849. The van der Waals surface area contributed by atoms with Crippen molar-refractivity contribution in [1.29, 1.82) is 0 Å². The summed E-state index contributed by atoms with van der Waals surface area (Å²) in [5.41, 5.74) is 3.01. The van der Waals surface area contributed by atoms with Gasteiger partial charge in [0.05, 0.1) is 23.5 Å². The van der Waals surface area contributed by atoms with Crippen LogP contribution in [0.1, 0.15) is 17.0 Å². The number of amides is 1. The number of anilines is 1. The molecule has 0 spiro atoms. The molecule has 0 aromatic carbocycles. The molecule has 4 rings (SSSR count). The van der Waals surface area contributed by atoms with Gasteiger partial charge in [-0.25, -0.2) is 0 Å². The second-order valence-electron chi connectivity index (χ2n) is 6.68. The zero-order valence-corrected chi connectivity index (χ0v) is 13.7. The van der Waals surface area contributed by atoms with Crippen LogP contribution < -0.4 is 4.90 Å². The Morgan fingerprint density at radius 1 is 1.30 bits per heavy atom. The fraction of sp³-hybridized carbons (Fsp3) is 0.562. The van der Waals surface area contributed by atoms with Gasteiger partial charge >= 0.3 is 0 Å². The van der Waals surface area contributed by atoms with Crippen molar-refractivity contribution in [2.75, 3.05) is 24.5 Å². The molecule has 2 aliphatic rings. The summed E-state index contributed by atoms with van der Waals surface area (Å²) < 4.78 is 6.97. The van der Waals surface area contributed by atoms with Gasteiger partial charge in [-0.3, -0.25) is 14.4 Å². The van der Waals surface area contributed by atoms with Crippen LogP contribution in [0.4, 0.5) is 5.69 Å². The van der Waals surface area contributed by atoms with Crippen molar-refractivity contribution in [3.05, 3.63) is 29.4 Å².